The van der Waals surface area contributed by atoms with Crippen LogP contribution in [0.15, 0.2) is 24.4 Å². The highest BCUT2D eigenvalue weighted by Gasteiger charge is 2.26. The maximum absolute atomic E-state index is 12.6. The summed E-state index contributed by atoms with van der Waals surface area (Å²) in [7, 11) is 0. The van der Waals surface area contributed by atoms with Crippen LogP contribution in [0.5, 0.6) is 5.75 Å². The summed E-state index contributed by atoms with van der Waals surface area (Å²) >= 11 is 0. The van der Waals surface area contributed by atoms with Crippen molar-refractivity contribution >= 4 is 17.6 Å². The first-order chi connectivity index (χ1) is 17.0. The van der Waals surface area contributed by atoms with Gasteiger partial charge in [-0.25, -0.2) is 4.98 Å². The minimum absolute atomic E-state index is 0.0892. The Morgan fingerprint density at radius 1 is 1.11 bits per heavy atom. The monoisotopic (exact) mass is 478 g/mol. The van der Waals surface area contributed by atoms with Crippen molar-refractivity contribution < 1.29 is 14.3 Å². The molecule has 1 saturated heterocycles. The number of hydrogen-bond acceptors (Lipinski definition) is 8. The molecule has 2 fully saturated rings. The molecule has 1 N–H and O–H groups in total. The average Bonchev–Trinajstić information content (AvgIpc) is 3.35. The number of amides is 1. The van der Waals surface area contributed by atoms with Gasteiger partial charge in [0.2, 0.25) is 11.9 Å². The molecule has 186 valence electrons. The van der Waals surface area contributed by atoms with E-state index in [-0.39, 0.29) is 17.7 Å². The first kappa shape index (κ1) is 23.7. The zero-order valence-corrected chi connectivity index (χ0v) is 20.4. The number of Topliss-reactive ketones (excluding diaryl/α,β-unsaturated/α-hetero) is 1. The van der Waals surface area contributed by atoms with E-state index in [0.29, 0.717) is 31.4 Å². The van der Waals surface area contributed by atoms with Crippen molar-refractivity contribution in [2.75, 3.05) is 44.2 Å². The van der Waals surface area contributed by atoms with Crippen molar-refractivity contribution in [1.29, 1.82) is 0 Å². The normalized spacial score (nSPS) is 22.4. The molecule has 0 atom stereocenters. The molecule has 1 aromatic heterocycles. The number of nitrogens with one attached hydrogen (secondary N) is 1. The molecule has 1 saturated carbocycles. The van der Waals surface area contributed by atoms with Gasteiger partial charge in [-0.2, -0.15) is 5.10 Å². The predicted molar refractivity (Wildman–Crippen MR) is 132 cm³/mol. The number of para-hydroxylation sites is 1. The van der Waals surface area contributed by atoms with E-state index in [1.807, 2.05) is 12.1 Å². The summed E-state index contributed by atoms with van der Waals surface area (Å²) in [4.78, 5) is 33.0. The Labute approximate surface area is 206 Å². The Morgan fingerprint density at radius 3 is 2.69 bits per heavy atom. The fraction of sp³-hybridized carbons (Fsp3) is 0.577. The van der Waals surface area contributed by atoms with Crippen LogP contribution in [0.2, 0.25) is 0 Å². The summed E-state index contributed by atoms with van der Waals surface area (Å²) in [6.07, 6.45) is 7.26. The SMILES string of the molecule is CC(=O)CC1CCC(NC(=O)CN2CCN(c3nncc(-c4cccc5c4OCC5)n3)CC2)CC1. The molecule has 2 aliphatic heterocycles. The molecular weight excluding hydrogens is 444 g/mol. The lowest BCUT2D eigenvalue weighted by Crippen LogP contribution is -2.51. The summed E-state index contributed by atoms with van der Waals surface area (Å²) in [5.74, 6) is 2.36. The number of ether oxygens (including phenoxy) is 1. The Hall–Kier alpha value is -3.07. The van der Waals surface area contributed by atoms with Crippen LogP contribution in [-0.4, -0.2) is 77.1 Å². The van der Waals surface area contributed by atoms with Crippen molar-refractivity contribution in [1.82, 2.24) is 25.4 Å². The summed E-state index contributed by atoms with van der Waals surface area (Å²) in [6, 6.07) is 6.38. The van der Waals surface area contributed by atoms with Gasteiger partial charge in [0.1, 0.15) is 11.5 Å². The molecule has 5 rings (SSSR count). The molecule has 1 aliphatic carbocycles. The van der Waals surface area contributed by atoms with Crippen LogP contribution >= 0.6 is 0 Å². The van der Waals surface area contributed by atoms with Crippen LogP contribution < -0.4 is 15.0 Å². The van der Waals surface area contributed by atoms with E-state index in [2.05, 4.69) is 31.4 Å². The lowest BCUT2D eigenvalue weighted by Gasteiger charge is -2.35. The number of anilines is 1. The summed E-state index contributed by atoms with van der Waals surface area (Å²) < 4.78 is 5.84. The van der Waals surface area contributed by atoms with E-state index in [9.17, 15) is 9.59 Å². The molecule has 3 heterocycles. The molecular formula is C26H34N6O3. The van der Waals surface area contributed by atoms with Gasteiger partial charge in [-0.1, -0.05) is 12.1 Å². The molecule has 35 heavy (non-hydrogen) atoms. The molecule has 2 aromatic rings. The number of nitrogens with zero attached hydrogens (tertiary/aromatic N) is 5. The molecule has 0 bridgehead atoms. The van der Waals surface area contributed by atoms with Gasteiger partial charge in [0.05, 0.1) is 25.0 Å². The lowest BCUT2D eigenvalue weighted by atomic mass is 9.83. The smallest absolute Gasteiger partial charge is 0.245 e. The Bertz CT molecular complexity index is 1060. The van der Waals surface area contributed by atoms with Crippen molar-refractivity contribution in [2.24, 2.45) is 5.92 Å². The quantitative estimate of drug-likeness (QED) is 0.647. The fourth-order valence-electron chi connectivity index (χ4n) is 5.47. The van der Waals surface area contributed by atoms with E-state index in [1.165, 1.54) is 5.56 Å². The van der Waals surface area contributed by atoms with E-state index < -0.39 is 0 Å². The van der Waals surface area contributed by atoms with Crippen molar-refractivity contribution in [2.45, 2.75) is 51.5 Å². The van der Waals surface area contributed by atoms with Crippen molar-refractivity contribution in [3.8, 4) is 17.0 Å². The third kappa shape index (κ3) is 5.78. The summed E-state index contributed by atoms with van der Waals surface area (Å²) in [5, 5.41) is 11.7. The van der Waals surface area contributed by atoms with Crippen LogP contribution in [0.3, 0.4) is 0 Å². The summed E-state index contributed by atoms with van der Waals surface area (Å²) in [5.41, 5.74) is 2.94. The summed E-state index contributed by atoms with van der Waals surface area (Å²) in [6.45, 7) is 5.82. The Morgan fingerprint density at radius 2 is 1.91 bits per heavy atom. The first-order valence-corrected chi connectivity index (χ1v) is 12.8. The minimum atomic E-state index is 0.0892. The number of carbonyl (C=O) groups excluding carboxylic acids is 2. The standard InChI is InChI=1S/C26H34N6O3/c1-18(33)15-19-5-7-21(8-6-19)28-24(34)17-31-10-12-32(13-11-31)26-29-23(16-27-30-26)22-4-2-3-20-9-14-35-25(20)22/h2-4,16,19,21H,5-15,17H2,1H3,(H,28,34). The Balaban J connectivity index is 1.11. The van der Waals surface area contributed by atoms with Gasteiger partial charge in [-0.15, -0.1) is 5.10 Å². The molecule has 3 aliphatic rings. The zero-order valence-electron chi connectivity index (χ0n) is 20.4. The third-order valence-corrected chi connectivity index (χ3v) is 7.35. The van der Waals surface area contributed by atoms with Crippen LogP contribution in [0.1, 0.15) is 44.6 Å². The van der Waals surface area contributed by atoms with Crippen molar-refractivity contribution in [3.05, 3.63) is 30.0 Å². The second-order valence-corrected chi connectivity index (χ2v) is 9.99. The number of fused-ring (bicyclic) bond motifs is 1. The maximum atomic E-state index is 12.6. The van der Waals surface area contributed by atoms with Gasteiger partial charge >= 0.3 is 0 Å². The number of hydrogen-bond donors (Lipinski definition) is 1. The molecule has 9 heteroatoms. The van der Waals surface area contributed by atoms with Crippen LogP contribution in [0.4, 0.5) is 5.95 Å². The molecule has 1 amide bonds. The molecule has 0 radical (unpaired) electrons. The number of carbonyl (C=O) groups is 2. The number of rotatable bonds is 7. The van der Waals surface area contributed by atoms with Gasteiger partial charge in [0.25, 0.3) is 0 Å². The second kappa shape index (κ2) is 10.7. The van der Waals surface area contributed by atoms with Crippen LogP contribution in [0, 0.1) is 5.92 Å². The minimum Gasteiger partial charge on any atom is -0.492 e. The largest absolute Gasteiger partial charge is 0.492 e. The zero-order chi connectivity index (χ0) is 24.2. The first-order valence-electron chi connectivity index (χ1n) is 12.8. The fourth-order valence-corrected chi connectivity index (χ4v) is 5.47. The lowest BCUT2D eigenvalue weighted by molar-refractivity contribution is -0.123. The van der Waals surface area contributed by atoms with E-state index >= 15 is 0 Å². The Kier molecular flexibility index (Phi) is 7.22. The van der Waals surface area contributed by atoms with E-state index in [1.54, 1.807) is 13.1 Å². The molecule has 0 spiro atoms. The van der Waals surface area contributed by atoms with Gasteiger partial charge in [0, 0.05) is 50.6 Å². The van der Waals surface area contributed by atoms with Crippen molar-refractivity contribution in [3.63, 3.8) is 0 Å². The van der Waals surface area contributed by atoms with Crippen LogP contribution in [-0.2, 0) is 16.0 Å². The second-order valence-electron chi connectivity index (χ2n) is 9.99. The van der Waals surface area contributed by atoms with Gasteiger partial charge in [-0.3, -0.25) is 9.69 Å². The van der Waals surface area contributed by atoms with Gasteiger partial charge < -0.3 is 19.7 Å². The third-order valence-electron chi connectivity index (χ3n) is 7.35. The highest BCUT2D eigenvalue weighted by molar-refractivity contribution is 5.78. The van der Waals surface area contributed by atoms with Gasteiger partial charge in [0.15, 0.2) is 0 Å². The highest BCUT2D eigenvalue weighted by atomic mass is 16.5. The number of piperazine rings is 1. The highest BCUT2D eigenvalue weighted by Crippen LogP contribution is 2.36. The maximum Gasteiger partial charge on any atom is 0.245 e. The van der Waals surface area contributed by atoms with E-state index in [0.717, 1.165) is 75.3 Å². The number of aromatic nitrogens is 3. The number of benzene rings is 1. The average molecular weight is 479 g/mol. The topological polar surface area (TPSA) is 101 Å². The molecule has 9 nitrogen and oxygen atoms in total. The molecule has 0 unspecified atom stereocenters. The van der Waals surface area contributed by atoms with Gasteiger partial charge in [-0.05, 0) is 50.2 Å². The molecule has 1 aromatic carbocycles. The predicted octanol–water partition coefficient (Wildman–Crippen LogP) is 2.25. The van der Waals surface area contributed by atoms with Crippen LogP contribution in [0.25, 0.3) is 11.3 Å². The van der Waals surface area contributed by atoms with E-state index in [4.69, 9.17) is 9.72 Å². The number of ketones is 1.